The maximum absolute atomic E-state index is 15.2. The van der Waals surface area contributed by atoms with Crippen LogP contribution in [0.3, 0.4) is 0 Å². The zero-order chi connectivity index (χ0) is 19.6. The predicted molar refractivity (Wildman–Crippen MR) is 97.9 cm³/mol. The summed E-state index contributed by atoms with van der Waals surface area (Å²) in [4.78, 5) is 13.6. The largest absolute Gasteiger partial charge is 0.465 e. The molecule has 0 radical (unpaired) electrons. The number of benzene rings is 2. The lowest BCUT2D eigenvalue weighted by atomic mass is 10.0. The molecular weight excluding hydrogens is 427 g/mol. The van der Waals surface area contributed by atoms with Gasteiger partial charge in [0.15, 0.2) is 11.6 Å². The Labute approximate surface area is 163 Å². The first kappa shape index (κ1) is 19.5. The quantitative estimate of drug-likeness (QED) is 0.466. The molecular formula is C19H17BrF3NO3. The molecule has 27 heavy (non-hydrogen) atoms. The first-order valence-corrected chi connectivity index (χ1v) is 9.20. The summed E-state index contributed by atoms with van der Waals surface area (Å²) in [7, 11) is 1.03. The van der Waals surface area contributed by atoms with Crippen molar-refractivity contribution in [1.29, 1.82) is 0 Å². The van der Waals surface area contributed by atoms with Gasteiger partial charge in [-0.15, -0.1) is 0 Å². The van der Waals surface area contributed by atoms with Gasteiger partial charge in [-0.25, -0.2) is 13.6 Å². The van der Waals surface area contributed by atoms with Crippen molar-refractivity contribution in [2.75, 3.05) is 25.1 Å². The number of nitrogens with zero attached hydrogens (tertiary/aromatic N) is 1. The molecule has 1 fully saturated rings. The standard InChI is InChI=1S/C19H17BrF3NO3/c1-26-19(25)13-14(21)15(22)18(27-12-7-5-11(20)6-8-12)16(23)17(13)24-9-3-2-4-10-24/h5-8H,2-4,9-10H2,1H3. The van der Waals surface area contributed by atoms with Crippen molar-refractivity contribution in [2.45, 2.75) is 19.3 Å². The van der Waals surface area contributed by atoms with Crippen LogP contribution in [0.15, 0.2) is 28.7 Å². The first-order valence-electron chi connectivity index (χ1n) is 8.41. The van der Waals surface area contributed by atoms with Crippen LogP contribution >= 0.6 is 15.9 Å². The molecule has 4 nitrogen and oxygen atoms in total. The molecule has 1 heterocycles. The number of anilines is 1. The minimum Gasteiger partial charge on any atom is -0.465 e. The van der Waals surface area contributed by atoms with Gasteiger partial charge in [-0.3, -0.25) is 0 Å². The Hall–Kier alpha value is -2.22. The highest BCUT2D eigenvalue weighted by atomic mass is 79.9. The molecule has 0 unspecified atom stereocenters. The molecule has 0 aromatic heterocycles. The number of hydrogen-bond donors (Lipinski definition) is 0. The van der Waals surface area contributed by atoms with Crippen molar-refractivity contribution >= 4 is 27.6 Å². The highest BCUT2D eigenvalue weighted by molar-refractivity contribution is 9.10. The molecule has 144 valence electrons. The third-order valence-electron chi connectivity index (χ3n) is 4.35. The summed E-state index contributed by atoms with van der Waals surface area (Å²) in [6.07, 6.45) is 2.45. The molecule has 2 aromatic carbocycles. The van der Waals surface area contributed by atoms with Crippen LogP contribution in [-0.4, -0.2) is 26.2 Å². The number of hydrogen-bond acceptors (Lipinski definition) is 4. The van der Waals surface area contributed by atoms with E-state index in [2.05, 4.69) is 20.7 Å². The predicted octanol–water partition coefficient (Wildman–Crippen LogP) is 5.44. The maximum atomic E-state index is 15.2. The monoisotopic (exact) mass is 443 g/mol. The molecule has 0 saturated carbocycles. The van der Waals surface area contributed by atoms with E-state index in [-0.39, 0.29) is 11.4 Å². The number of halogens is 4. The Morgan fingerprint density at radius 2 is 1.63 bits per heavy atom. The van der Waals surface area contributed by atoms with E-state index in [0.29, 0.717) is 13.1 Å². The summed E-state index contributed by atoms with van der Waals surface area (Å²) in [5.74, 6) is -6.08. The lowest BCUT2D eigenvalue weighted by molar-refractivity contribution is 0.0594. The van der Waals surface area contributed by atoms with Crippen LogP contribution in [0.25, 0.3) is 0 Å². The number of carbonyl (C=O) groups is 1. The molecule has 0 N–H and O–H groups in total. The van der Waals surface area contributed by atoms with Gasteiger partial charge in [0.2, 0.25) is 11.6 Å². The van der Waals surface area contributed by atoms with Crippen molar-refractivity contribution in [1.82, 2.24) is 0 Å². The molecule has 0 spiro atoms. The molecule has 0 atom stereocenters. The van der Waals surface area contributed by atoms with Gasteiger partial charge >= 0.3 is 5.97 Å². The number of methoxy groups -OCH3 is 1. The van der Waals surface area contributed by atoms with Crippen molar-refractivity contribution in [3.63, 3.8) is 0 Å². The van der Waals surface area contributed by atoms with Gasteiger partial charge in [-0.05, 0) is 43.5 Å². The van der Waals surface area contributed by atoms with Crippen molar-refractivity contribution in [3.05, 3.63) is 51.8 Å². The summed E-state index contributed by atoms with van der Waals surface area (Å²) >= 11 is 3.25. The minimum atomic E-state index is -1.57. The second kappa shape index (κ2) is 8.21. The third-order valence-corrected chi connectivity index (χ3v) is 4.88. The van der Waals surface area contributed by atoms with Crippen molar-refractivity contribution < 1.29 is 27.4 Å². The summed E-state index contributed by atoms with van der Waals surface area (Å²) in [6.45, 7) is 0.841. The van der Waals surface area contributed by atoms with Crippen LogP contribution < -0.4 is 9.64 Å². The number of esters is 1. The van der Waals surface area contributed by atoms with Crippen LogP contribution in [0.4, 0.5) is 18.9 Å². The Balaban J connectivity index is 2.15. The van der Waals surface area contributed by atoms with Crippen molar-refractivity contribution in [2.24, 2.45) is 0 Å². The van der Waals surface area contributed by atoms with Crippen LogP contribution in [0, 0.1) is 17.5 Å². The number of ether oxygens (including phenoxy) is 2. The van der Waals surface area contributed by atoms with E-state index in [1.165, 1.54) is 17.0 Å². The van der Waals surface area contributed by atoms with Crippen LogP contribution in [0.2, 0.25) is 0 Å². The molecule has 1 saturated heterocycles. The third kappa shape index (κ3) is 3.90. The summed E-state index contributed by atoms with van der Waals surface area (Å²) in [5, 5.41) is 0. The SMILES string of the molecule is COC(=O)c1c(F)c(F)c(Oc2ccc(Br)cc2)c(F)c1N1CCCCC1. The zero-order valence-corrected chi connectivity index (χ0v) is 16.1. The zero-order valence-electron chi connectivity index (χ0n) is 14.5. The Morgan fingerprint density at radius 1 is 1.00 bits per heavy atom. The van der Waals surface area contributed by atoms with Crippen LogP contribution in [0.5, 0.6) is 11.5 Å². The van der Waals surface area contributed by atoms with Gasteiger partial charge in [0.1, 0.15) is 11.3 Å². The maximum Gasteiger partial charge on any atom is 0.343 e. The van der Waals surface area contributed by atoms with E-state index in [1.54, 1.807) is 12.1 Å². The summed E-state index contributed by atoms with van der Waals surface area (Å²) < 4.78 is 55.1. The topological polar surface area (TPSA) is 38.8 Å². The molecule has 1 aliphatic rings. The van der Waals surface area contributed by atoms with Gasteiger partial charge in [0, 0.05) is 17.6 Å². The molecule has 0 bridgehead atoms. The van der Waals surface area contributed by atoms with Crippen molar-refractivity contribution in [3.8, 4) is 11.5 Å². The smallest absolute Gasteiger partial charge is 0.343 e. The molecule has 0 amide bonds. The van der Waals surface area contributed by atoms with Gasteiger partial charge in [0.05, 0.1) is 12.8 Å². The van der Waals surface area contributed by atoms with E-state index in [0.717, 1.165) is 30.8 Å². The van der Waals surface area contributed by atoms with E-state index in [1.807, 2.05) is 0 Å². The fourth-order valence-corrected chi connectivity index (χ4v) is 3.30. The summed E-state index contributed by atoms with van der Waals surface area (Å²) in [6, 6.07) is 6.21. The van der Waals surface area contributed by atoms with E-state index >= 15 is 4.39 Å². The van der Waals surface area contributed by atoms with E-state index in [9.17, 15) is 13.6 Å². The Kier molecular flexibility index (Phi) is 5.94. The van der Waals surface area contributed by atoms with E-state index < -0.39 is 34.7 Å². The van der Waals surface area contributed by atoms with Gasteiger partial charge in [0.25, 0.3) is 0 Å². The normalized spacial score (nSPS) is 14.2. The van der Waals surface area contributed by atoms with Gasteiger partial charge in [-0.2, -0.15) is 4.39 Å². The second-order valence-electron chi connectivity index (χ2n) is 6.09. The Morgan fingerprint density at radius 3 is 2.22 bits per heavy atom. The first-order chi connectivity index (χ1) is 12.9. The molecule has 1 aliphatic heterocycles. The Bertz CT molecular complexity index is 853. The highest BCUT2D eigenvalue weighted by Crippen LogP contribution is 2.40. The molecule has 8 heteroatoms. The van der Waals surface area contributed by atoms with Gasteiger partial charge in [-0.1, -0.05) is 15.9 Å². The number of rotatable bonds is 4. The lowest BCUT2D eigenvalue weighted by Crippen LogP contribution is -2.32. The minimum absolute atomic E-state index is 0.130. The fourth-order valence-electron chi connectivity index (χ4n) is 3.04. The number of carbonyl (C=O) groups excluding carboxylic acids is 1. The second-order valence-corrected chi connectivity index (χ2v) is 7.01. The lowest BCUT2D eigenvalue weighted by Gasteiger charge is -2.31. The number of piperidine rings is 1. The van der Waals surface area contributed by atoms with Gasteiger partial charge < -0.3 is 14.4 Å². The molecule has 0 aliphatic carbocycles. The molecule has 3 rings (SSSR count). The average Bonchev–Trinajstić information content (AvgIpc) is 2.69. The summed E-state index contributed by atoms with van der Waals surface area (Å²) in [5.41, 5.74) is -1.08. The fraction of sp³-hybridized carbons (Fsp3) is 0.316. The van der Waals surface area contributed by atoms with Crippen LogP contribution in [-0.2, 0) is 4.74 Å². The van der Waals surface area contributed by atoms with E-state index in [4.69, 9.17) is 4.74 Å². The van der Waals surface area contributed by atoms with Crippen LogP contribution in [0.1, 0.15) is 29.6 Å². The average molecular weight is 444 g/mol. The highest BCUT2D eigenvalue weighted by Gasteiger charge is 2.34. The molecule has 2 aromatic rings.